The van der Waals surface area contributed by atoms with E-state index in [-0.39, 0.29) is 17.2 Å². The van der Waals surface area contributed by atoms with Crippen molar-refractivity contribution in [3.05, 3.63) is 71.8 Å². The molecular weight excluding hydrogens is 500 g/mol. The first kappa shape index (κ1) is 26.6. The monoisotopic (exact) mass is 530 g/mol. The van der Waals surface area contributed by atoms with Gasteiger partial charge < -0.3 is 18.8 Å². The molecule has 0 aliphatic heterocycles. The molecule has 0 bridgehead atoms. The molecule has 0 spiro atoms. The predicted octanol–water partition coefficient (Wildman–Crippen LogP) is 8.45. The van der Waals surface area contributed by atoms with Crippen LogP contribution < -0.4 is 4.90 Å². The number of phenols is 1. The van der Waals surface area contributed by atoms with E-state index in [1.54, 1.807) is 30.3 Å². The second-order valence-electron chi connectivity index (χ2n) is 9.75. The van der Waals surface area contributed by atoms with Gasteiger partial charge in [0, 0.05) is 41.4 Å². The van der Waals surface area contributed by atoms with Crippen LogP contribution in [0.1, 0.15) is 45.1 Å². The summed E-state index contributed by atoms with van der Waals surface area (Å²) < 4.78 is 12.1. The van der Waals surface area contributed by atoms with Gasteiger partial charge >= 0.3 is 0 Å². The number of unbranched alkanes of at least 4 members (excludes halogenated alkanes) is 2. The summed E-state index contributed by atoms with van der Waals surface area (Å²) in [5.41, 5.74) is 4.68. The number of para-hydroxylation sites is 1. The van der Waals surface area contributed by atoms with Gasteiger partial charge in [-0.3, -0.25) is 0 Å². The number of nitrogens with zero attached hydrogens (tertiary/aromatic N) is 4. The van der Waals surface area contributed by atoms with Gasteiger partial charge in [0.1, 0.15) is 40.3 Å². The molecule has 0 saturated heterocycles. The first-order valence-electron chi connectivity index (χ1n) is 13.6. The van der Waals surface area contributed by atoms with E-state index in [2.05, 4.69) is 48.0 Å². The molecule has 7 nitrogen and oxygen atoms in total. The quantitative estimate of drug-likeness (QED) is 0.180. The van der Waals surface area contributed by atoms with Crippen LogP contribution >= 0.6 is 0 Å². The molecule has 0 saturated carbocycles. The van der Waals surface area contributed by atoms with Gasteiger partial charge in [0.05, 0.1) is 5.56 Å². The Labute approximate surface area is 233 Å². The Morgan fingerprint density at radius 3 is 2.33 bits per heavy atom. The summed E-state index contributed by atoms with van der Waals surface area (Å²) in [5, 5.41) is 29.9. The van der Waals surface area contributed by atoms with E-state index in [0.29, 0.717) is 33.6 Å². The number of rotatable bonds is 10. The molecule has 0 radical (unpaired) electrons. The maximum atomic E-state index is 10.8. The van der Waals surface area contributed by atoms with Gasteiger partial charge in [0.15, 0.2) is 5.58 Å². The smallest absolute Gasteiger partial charge is 0.231 e. The summed E-state index contributed by atoms with van der Waals surface area (Å²) in [6, 6.07) is 22.7. The van der Waals surface area contributed by atoms with E-state index in [1.807, 2.05) is 18.2 Å². The van der Waals surface area contributed by atoms with Crippen molar-refractivity contribution in [1.82, 2.24) is 4.98 Å². The van der Waals surface area contributed by atoms with Crippen LogP contribution in [-0.4, -0.2) is 23.2 Å². The molecule has 0 aliphatic carbocycles. The minimum absolute atomic E-state index is 0.0235. The van der Waals surface area contributed by atoms with Gasteiger partial charge in [-0.15, -0.1) is 0 Å². The van der Waals surface area contributed by atoms with E-state index in [1.165, 1.54) is 37.4 Å². The molecule has 0 aliphatic rings. The zero-order valence-corrected chi connectivity index (χ0v) is 22.6. The van der Waals surface area contributed by atoms with Gasteiger partial charge in [-0.25, -0.2) is 4.98 Å². The molecule has 0 atom stereocenters. The lowest BCUT2D eigenvalue weighted by Gasteiger charge is -2.24. The Bertz CT molecular complexity index is 1740. The van der Waals surface area contributed by atoms with Crippen molar-refractivity contribution in [2.24, 2.45) is 0 Å². The first-order chi connectivity index (χ1) is 19.5. The summed E-state index contributed by atoms with van der Waals surface area (Å²) in [5.74, 6) is 0.916. The summed E-state index contributed by atoms with van der Waals surface area (Å²) in [6.07, 6.45) is 6.14. The van der Waals surface area contributed by atoms with Crippen molar-refractivity contribution in [2.75, 3.05) is 18.0 Å². The predicted molar refractivity (Wildman–Crippen MR) is 158 cm³/mol. The average Bonchev–Trinajstić information content (AvgIpc) is 3.60. The van der Waals surface area contributed by atoms with Gasteiger partial charge in [-0.2, -0.15) is 10.5 Å². The number of anilines is 1. The molecule has 0 amide bonds. The lowest BCUT2D eigenvalue weighted by molar-refractivity contribution is 0.473. The minimum atomic E-state index is -0.0325. The maximum absolute atomic E-state index is 10.8. The Kier molecular flexibility index (Phi) is 7.84. The van der Waals surface area contributed by atoms with Crippen LogP contribution in [0.3, 0.4) is 0 Å². The molecule has 200 valence electrons. The average molecular weight is 531 g/mol. The van der Waals surface area contributed by atoms with Crippen LogP contribution in [-0.2, 0) is 0 Å². The highest BCUT2D eigenvalue weighted by Crippen LogP contribution is 2.38. The van der Waals surface area contributed by atoms with Crippen molar-refractivity contribution in [3.8, 4) is 40.7 Å². The number of furan rings is 1. The van der Waals surface area contributed by atoms with Crippen LogP contribution in [0, 0.1) is 22.7 Å². The summed E-state index contributed by atoms with van der Waals surface area (Å²) in [6.45, 7) is 6.53. The van der Waals surface area contributed by atoms with Gasteiger partial charge in [0.25, 0.3) is 0 Å². The second kappa shape index (κ2) is 11.8. The fraction of sp³-hybridized carbons (Fsp3) is 0.242. The maximum Gasteiger partial charge on any atom is 0.231 e. The van der Waals surface area contributed by atoms with Crippen molar-refractivity contribution < 1.29 is 13.9 Å². The molecule has 2 aromatic heterocycles. The van der Waals surface area contributed by atoms with Crippen LogP contribution in [0.4, 0.5) is 5.69 Å². The number of aromatic nitrogens is 1. The number of hydrogen-bond acceptors (Lipinski definition) is 7. The number of hydrogen-bond donors (Lipinski definition) is 1. The van der Waals surface area contributed by atoms with Gasteiger partial charge in [0.2, 0.25) is 5.89 Å². The lowest BCUT2D eigenvalue weighted by atomic mass is 10.1. The largest absolute Gasteiger partial charge is 0.507 e. The number of nitriles is 2. The van der Waals surface area contributed by atoms with Gasteiger partial charge in [-0.05, 0) is 61.4 Å². The minimum Gasteiger partial charge on any atom is -0.507 e. The third-order valence-corrected chi connectivity index (χ3v) is 6.94. The number of benzene rings is 3. The Morgan fingerprint density at radius 2 is 1.65 bits per heavy atom. The SMILES string of the molecule is CCCCN(CCCC)c1ccc(-c2cc3cc(-c4nc5c(C=C(C#N)C#N)cccc5o4)c(O)cc3o2)cc1. The second-order valence-corrected chi connectivity index (χ2v) is 9.75. The summed E-state index contributed by atoms with van der Waals surface area (Å²) >= 11 is 0. The van der Waals surface area contributed by atoms with Crippen LogP contribution in [0.15, 0.2) is 75.1 Å². The standard InChI is InChI=1S/C33H30N4O3/c1-3-5-14-37(15-6-4-2)26-12-10-23(11-13-26)30-18-25-17-27(28(38)19-31(25)39-30)33-36-32-24(16-22(20-34)21-35)8-7-9-29(32)40-33/h7-13,16-19,38H,3-6,14-15H2,1-2H3. The van der Waals surface area contributed by atoms with E-state index in [4.69, 9.17) is 19.4 Å². The number of allylic oxidation sites excluding steroid dienone is 1. The summed E-state index contributed by atoms with van der Waals surface area (Å²) in [4.78, 5) is 7.03. The van der Waals surface area contributed by atoms with Crippen molar-refractivity contribution in [1.29, 1.82) is 10.5 Å². The molecule has 1 N–H and O–H groups in total. The Morgan fingerprint density at radius 1 is 0.925 bits per heavy atom. The molecule has 40 heavy (non-hydrogen) atoms. The molecule has 5 aromatic rings. The highest BCUT2D eigenvalue weighted by atomic mass is 16.4. The van der Waals surface area contributed by atoms with E-state index < -0.39 is 0 Å². The first-order valence-corrected chi connectivity index (χ1v) is 13.6. The van der Waals surface area contributed by atoms with Crippen molar-refractivity contribution in [3.63, 3.8) is 0 Å². The van der Waals surface area contributed by atoms with Crippen molar-refractivity contribution in [2.45, 2.75) is 39.5 Å². The van der Waals surface area contributed by atoms with E-state index in [9.17, 15) is 5.11 Å². The topological polar surface area (TPSA) is 110 Å². The molecule has 2 heterocycles. The lowest BCUT2D eigenvalue weighted by Crippen LogP contribution is -2.25. The number of oxazole rings is 1. The Balaban J connectivity index is 1.46. The third kappa shape index (κ3) is 5.41. The fourth-order valence-electron chi connectivity index (χ4n) is 4.74. The fourth-order valence-corrected chi connectivity index (χ4v) is 4.74. The van der Waals surface area contributed by atoms with Crippen molar-refractivity contribution >= 4 is 33.8 Å². The van der Waals surface area contributed by atoms with E-state index in [0.717, 1.165) is 24.0 Å². The highest BCUT2D eigenvalue weighted by molar-refractivity contribution is 5.91. The van der Waals surface area contributed by atoms with E-state index >= 15 is 0 Å². The molecule has 0 unspecified atom stereocenters. The third-order valence-electron chi connectivity index (χ3n) is 6.94. The van der Waals surface area contributed by atoms with Crippen LogP contribution in [0.25, 0.3) is 50.9 Å². The summed E-state index contributed by atoms with van der Waals surface area (Å²) in [7, 11) is 0. The molecular formula is C33H30N4O3. The number of fused-ring (bicyclic) bond motifs is 2. The number of phenolic OH excluding ortho intramolecular Hbond substituents is 1. The van der Waals surface area contributed by atoms with Gasteiger partial charge in [-0.1, -0.05) is 38.8 Å². The zero-order chi connectivity index (χ0) is 28.1. The van der Waals surface area contributed by atoms with Crippen LogP contribution in [0.5, 0.6) is 5.75 Å². The zero-order valence-electron chi connectivity index (χ0n) is 22.6. The van der Waals surface area contributed by atoms with Crippen LogP contribution in [0.2, 0.25) is 0 Å². The molecule has 5 rings (SSSR count). The molecule has 3 aromatic carbocycles. The normalized spacial score (nSPS) is 10.9. The molecule has 7 heteroatoms. The number of aromatic hydroxyl groups is 1. The molecule has 0 fully saturated rings. The Hall–Kier alpha value is -5.01. The highest BCUT2D eigenvalue weighted by Gasteiger charge is 2.18.